The minimum atomic E-state index is -0.552. The number of methoxy groups -OCH3 is 1. The fourth-order valence-electron chi connectivity index (χ4n) is 3.30. The summed E-state index contributed by atoms with van der Waals surface area (Å²) in [6, 6.07) is 13.1. The molecule has 0 saturated heterocycles. The Hall–Kier alpha value is -3.61. The number of amides is 2. The Labute approximate surface area is 181 Å². The van der Waals surface area contributed by atoms with E-state index in [4.69, 9.17) is 9.47 Å². The first-order valence-electron chi connectivity index (χ1n) is 10.2. The average molecular weight is 422 g/mol. The summed E-state index contributed by atoms with van der Waals surface area (Å²) in [7, 11) is 1.59. The van der Waals surface area contributed by atoms with Gasteiger partial charge >= 0.3 is 5.97 Å². The lowest BCUT2D eigenvalue weighted by atomic mass is 10.1. The Kier molecular flexibility index (Phi) is 7.81. The summed E-state index contributed by atoms with van der Waals surface area (Å²) in [5, 5.41) is 5.34. The average Bonchev–Trinajstić information content (AvgIpc) is 3.24. The highest BCUT2D eigenvalue weighted by atomic mass is 16.5. The number of aryl methyl sites for hydroxylation is 2. The molecule has 2 amide bonds. The van der Waals surface area contributed by atoms with E-state index in [1.54, 1.807) is 25.3 Å². The molecule has 7 nitrogen and oxygen atoms in total. The zero-order chi connectivity index (χ0) is 22.1. The molecule has 0 heterocycles. The van der Waals surface area contributed by atoms with Crippen molar-refractivity contribution in [2.75, 3.05) is 25.6 Å². The van der Waals surface area contributed by atoms with Crippen LogP contribution in [-0.4, -0.2) is 38.0 Å². The van der Waals surface area contributed by atoms with Crippen molar-refractivity contribution in [3.05, 3.63) is 65.2 Å². The molecule has 0 unspecified atom stereocenters. The van der Waals surface area contributed by atoms with Crippen molar-refractivity contribution in [1.29, 1.82) is 0 Å². The molecule has 2 aromatic carbocycles. The van der Waals surface area contributed by atoms with E-state index in [9.17, 15) is 14.4 Å². The summed E-state index contributed by atoms with van der Waals surface area (Å²) in [5.74, 6) is -0.527. The van der Waals surface area contributed by atoms with Gasteiger partial charge in [-0.3, -0.25) is 14.4 Å². The summed E-state index contributed by atoms with van der Waals surface area (Å²) in [5.41, 5.74) is 4.14. The van der Waals surface area contributed by atoms with Gasteiger partial charge in [-0.2, -0.15) is 0 Å². The molecule has 0 aromatic heterocycles. The van der Waals surface area contributed by atoms with E-state index in [-0.39, 0.29) is 25.5 Å². The summed E-state index contributed by atoms with van der Waals surface area (Å²) < 4.78 is 10.0. The lowest BCUT2D eigenvalue weighted by Crippen LogP contribution is -2.26. The molecule has 0 atom stereocenters. The van der Waals surface area contributed by atoms with E-state index in [2.05, 4.69) is 10.6 Å². The molecular weight excluding hydrogens is 396 g/mol. The van der Waals surface area contributed by atoms with Gasteiger partial charge in [0, 0.05) is 18.3 Å². The van der Waals surface area contributed by atoms with Crippen LogP contribution in [0.5, 0.6) is 5.75 Å². The number of benzene rings is 2. The van der Waals surface area contributed by atoms with Crippen molar-refractivity contribution in [2.45, 2.75) is 25.7 Å². The number of esters is 1. The largest absolute Gasteiger partial charge is 0.497 e. The molecule has 0 fully saturated rings. The second-order valence-electron chi connectivity index (χ2n) is 7.19. The standard InChI is InChI=1S/C24H26N2O5/c1-30-21-10-5-17(6-11-21)7-12-22(27)25-14-13-24(29)31-16-23(28)26-20-9-8-18-3-2-4-19(18)15-20/h5-12,15H,2-4,13-14,16H2,1H3,(H,25,27)(H,26,28)/b12-7+. The van der Waals surface area contributed by atoms with E-state index < -0.39 is 11.9 Å². The first kappa shape index (κ1) is 22.1. The van der Waals surface area contributed by atoms with Crippen LogP contribution >= 0.6 is 0 Å². The number of carbonyl (C=O) groups is 3. The van der Waals surface area contributed by atoms with Crippen LogP contribution in [0.15, 0.2) is 48.5 Å². The Morgan fingerprint density at radius 1 is 1.03 bits per heavy atom. The quantitative estimate of drug-likeness (QED) is 0.479. The number of rotatable bonds is 9. The molecule has 31 heavy (non-hydrogen) atoms. The summed E-state index contributed by atoms with van der Waals surface area (Å²) in [4.78, 5) is 35.6. The number of anilines is 1. The third-order valence-corrected chi connectivity index (χ3v) is 4.92. The van der Waals surface area contributed by atoms with Crippen molar-refractivity contribution in [3.63, 3.8) is 0 Å². The van der Waals surface area contributed by atoms with Gasteiger partial charge in [0.25, 0.3) is 5.91 Å². The second-order valence-corrected chi connectivity index (χ2v) is 7.19. The van der Waals surface area contributed by atoms with Crippen LogP contribution in [0, 0.1) is 0 Å². The molecule has 0 spiro atoms. The normalized spacial score (nSPS) is 12.3. The van der Waals surface area contributed by atoms with Crippen LogP contribution < -0.4 is 15.4 Å². The highest BCUT2D eigenvalue weighted by Gasteiger charge is 2.13. The number of carbonyl (C=O) groups excluding carboxylic acids is 3. The molecule has 2 aromatic rings. The topological polar surface area (TPSA) is 93.7 Å². The zero-order valence-corrected chi connectivity index (χ0v) is 17.5. The highest BCUT2D eigenvalue weighted by molar-refractivity contribution is 5.93. The van der Waals surface area contributed by atoms with Gasteiger partial charge in [0.15, 0.2) is 6.61 Å². The number of nitrogens with one attached hydrogen (secondary N) is 2. The van der Waals surface area contributed by atoms with E-state index in [1.807, 2.05) is 30.3 Å². The third kappa shape index (κ3) is 6.99. The highest BCUT2D eigenvalue weighted by Crippen LogP contribution is 2.24. The van der Waals surface area contributed by atoms with E-state index >= 15 is 0 Å². The van der Waals surface area contributed by atoms with E-state index in [1.165, 1.54) is 17.2 Å². The lowest BCUT2D eigenvalue weighted by Gasteiger charge is -2.08. The molecule has 0 aliphatic heterocycles. The Morgan fingerprint density at radius 3 is 2.58 bits per heavy atom. The van der Waals surface area contributed by atoms with E-state index in [0.717, 1.165) is 30.6 Å². The maximum Gasteiger partial charge on any atom is 0.308 e. The van der Waals surface area contributed by atoms with Crippen molar-refractivity contribution in [2.24, 2.45) is 0 Å². The van der Waals surface area contributed by atoms with Gasteiger partial charge in [0.2, 0.25) is 5.91 Å². The first-order valence-corrected chi connectivity index (χ1v) is 10.2. The number of fused-ring (bicyclic) bond motifs is 1. The minimum absolute atomic E-state index is 0.0196. The van der Waals surface area contributed by atoms with Crippen molar-refractivity contribution in [1.82, 2.24) is 5.32 Å². The summed E-state index contributed by atoms with van der Waals surface area (Å²) >= 11 is 0. The maximum absolute atomic E-state index is 12.0. The lowest BCUT2D eigenvalue weighted by molar-refractivity contribution is -0.147. The predicted octanol–water partition coefficient (Wildman–Crippen LogP) is 2.89. The Balaban J connectivity index is 1.31. The maximum atomic E-state index is 12.0. The number of ether oxygens (including phenoxy) is 2. The van der Waals surface area contributed by atoms with Crippen LogP contribution in [-0.2, 0) is 32.0 Å². The number of hydrogen-bond acceptors (Lipinski definition) is 5. The van der Waals surface area contributed by atoms with Crippen LogP contribution in [0.3, 0.4) is 0 Å². The molecule has 3 rings (SSSR count). The van der Waals surface area contributed by atoms with Crippen LogP contribution in [0.25, 0.3) is 6.08 Å². The van der Waals surface area contributed by atoms with Gasteiger partial charge in [-0.05, 0) is 66.3 Å². The van der Waals surface area contributed by atoms with Crippen LogP contribution in [0.1, 0.15) is 29.5 Å². The smallest absolute Gasteiger partial charge is 0.308 e. The predicted molar refractivity (Wildman–Crippen MR) is 118 cm³/mol. The van der Waals surface area contributed by atoms with Gasteiger partial charge in [0.05, 0.1) is 13.5 Å². The molecule has 0 saturated carbocycles. The molecular formula is C24H26N2O5. The molecule has 0 radical (unpaired) electrons. The second kappa shape index (κ2) is 11.0. The van der Waals surface area contributed by atoms with Crippen molar-refractivity contribution in [3.8, 4) is 5.75 Å². The van der Waals surface area contributed by atoms with Crippen molar-refractivity contribution >= 4 is 29.5 Å². The Morgan fingerprint density at radius 2 is 1.81 bits per heavy atom. The van der Waals surface area contributed by atoms with Crippen LogP contribution in [0.2, 0.25) is 0 Å². The third-order valence-electron chi connectivity index (χ3n) is 4.92. The zero-order valence-electron chi connectivity index (χ0n) is 17.5. The fourth-order valence-corrected chi connectivity index (χ4v) is 3.30. The molecule has 2 N–H and O–H groups in total. The molecule has 162 valence electrons. The monoisotopic (exact) mass is 422 g/mol. The molecule has 0 bridgehead atoms. The SMILES string of the molecule is COc1ccc(/C=C/C(=O)NCCC(=O)OCC(=O)Nc2ccc3c(c2)CCC3)cc1. The van der Waals surface area contributed by atoms with Crippen molar-refractivity contribution < 1.29 is 23.9 Å². The number of hydrogen-bond donors (Lipinski definition) is 2. The van der Waals surface area contributed by atoms with Gasteiger partial charge in [-0.15, -0.1) is 0 Å². The first-order chi connectivity index (χ1) is 15.0. The van der Waals surface area contributed by atoms with Crippen LogP contribution in [0.4, 0.5) is 5.69 Å². The summed E-state index contributed by atoms with van der Waals surface area (Å²) in [6.07, 6.45) is 6.27. The molecule has 1 aliphatic carbocycles. The molecule has 1 aliphatic rings. The van der Waals surface area contributed by atoms with Gasteiger partial charge in [-0.25, -0.2) is 0 Å². The van der Waals surface area contributed by atoms with Gasteiger partial charge in [-0.1, -0.05) is 18.2 Å². The fraction of sp³-hybridized carbons (Fsp3) is 0.292. The molecule has 7 heteroatoms. The Bertz CT molecular complexity index is 966. The van der Waals surface area contributed by atoms with Gasteiger partial charge in [0.1, 0.15) is 5.75 Å². The minimum Gasteiger partial charge on any atom is -0.497 e. The van der Waals surface area contributed by atoms with E-state index in [0.29, 0.717) is 5.69 Å². The van der Waals surface area contributed by atoms with Gasteiger partial charge < -0.3 is 20.1 Å². The summed E-state index contributed by atoms with van der Waals surface area (Å²) in [6.45, 7) is -0.238.